The summed E-state index contributed by atoms with van der Waals surface area (Å²) < 4.78 is 0. The summed E-state index contributed by atoms with van der Waals surface area (Å²) in [5.74, 6) is -0.741. The van der Waals surface area contributed by atoms with Crippen molar-refractivity contribution in [2.24, 2.45) is 0 Å². The number of aliphatic hydroxyl groups is 1. The van der Waals surface area contributed by atoms with Gasteiger partial charge in [-0.05, 0) is 48.9 Å². The highest BCUT2D eigenvalue weighted by Crippen LogP contribution is 2.32. The maximum absolute atomic E-state index is 12.9. The van der Waals surface area contributed by atoms with Crippen LogP contribution in [0.1, 0.15) is 58.3 Å². The van der Waals surface area contributed by atoms with E-state index >= 15 is 0 Å². The van der Waals surface area contributed by atoms with Crippen molar-refractivity contribution >= 4 is 23.2 Å². The first-order valence-corrected chi connectivity index (χ1v) is 12.6. The van der Waals surface area contributed by atoms with Gasteiger partial charge in [0, 0.05) is 18.3 Å². The number of aromatic nitrogens is 1. The molecule has 1 aromatic heterocycles. The van der Waals surface area contributed by atoms with Crippen LogP contribution in [0.2, 0.25) is 0 Å². The average molecular weight is 478 g/mol. The quantitative estimate of drug-likeness (QED) is 0.512. The predicted octanol–water partition coefficient (Wildman–Crippen LogP) is 4.08. The number of benzene rings is 2. The van der Waals surface area contributed by atoms with Gasteiger partial charge in [0.15, 0.2) is 0 Å². The highest BCUT2D eigenvalue weighted by atomic mass is 32.1. The first-order chi connectivity index (χ1) is 16.4. The van der Waals surface area contributed by atoms with Crippen LogP contribution in [-0.4, -0.2) is 39.5 Å². The minimum Gasteiger partial charge on any atom is -0.383 e. The molecule has 2 N–H and O–H groups in total. The van der Waals surface area contributed by atoms with Gasteiger partial charge in [-0.2, -0.15) is 0 Å². The molecule has 0 radical (unpaired) electrons. The number of aliphatic hydroxyl groups excluding tert-OH is 1. The molecule has 2 amide bonds. The highest BCUT2D eigenvalue weighted by molar-refractivity contribution is 7.09. The predicted molar refractivity (Wildman–Crippen MR) is 133 cm³/mol. The molecule has 1 aliphatic heterocycles. The second kappa shape index (κ2) is 10.9. The van der Waals surface area contributed by atoms with E-state index in [1.165, 1.54) is 28.0 Å². The third kappa shape index (κ3) is 5.72. The number of rotatable bonds is 8. The summed E-state index contributed by atoms with van der Waals surface area (Å²) in [7, 11) is 0. The van der Waals surface area contributed by atoms with Crippen LogP contribution in [0.25, 0.3) is 0 Å². The molecule has 0 spiro atoms. The molecule has 178 valence electrons. The Labute approximate surface area is 204 Å². The molecule has 3 aromatic rings. The van der Waals surface area contributed by atoms with Crippen molar-refractivity contribution in [1.82, 2.24) is 15.2 Å². The lowest BCUT2D eigenvalue weighted by atomic mass is 9.99. The zero-order chi connectivity index (χ0) is 24.1. The highest BCUT2D eigenvalue weighted by Gasteiger charge is 2.33. The minimum atomic E-state index is -1.35. The third-order valence-electron chi connectivity index (χ3n) is 6.42. The largest absolute Gasteiger partial charge is 0.383 e. The Morgan fingerprint density at radius 1 is 1.15 bits per heavy atom. The third-order valence-corrected chi connectivity index (χ3v) is 7.32. The SMILES string of the molecule is Cc1cccc(C)c1Cc1csc(CNC(=O)C[C@@H](O)C(=O)N2CCCC2c2ccccc2)n1. The Kier molecular flexibility index (Phi) is 7.75. The molecule has 2 heterocycles. The van der Waals surface area contributed by atoms with Crippen molar-refractivity contribution in [3.8, 4) is 0 Å². The summed E-state index contributed by atoms with van der Waals surface area (Å²) in [4.78, 5) is 31.6. The maximum Gasteiger partial charge on any atom is 0.252 e. The Hall–Kier alpha value is -3.03. The second-order valence-electron chi connectivity index (χ2n) is 8.88. The van der Waals surface area contributed by atoms with Crippen molar-refractivity contribution in [3.05, 3.63) is 86.9 Å². The molecule has 2 atom stereocenters. The van der Waals surface area contributed by atoms with Gasteiger partial charge in [0.1, 0.15) is 11.1 Å². The number of nitrogens with zero attached hydrogens (tertiary/aromatic N) is 2. The fourth-order valence-electron chi connectivity index (χ4n) is 4.57. The van der Waals surface area contributed by atoms with Crippen LogP contribution >= 0.6 is 11.3 Å². The van der Waals surface area contributed by atoms with Crippen LogP contribution in [0.4, 0.5) is 0 Å². The molecule has 0 saturated carbocycles. The Balaban J connectivity index is 1.28. The molecule has 0 bridgehead atoms. The molecule has 0 aliphatic carbocycles. The number of likely N-dealkylation sites (tertiary alicyclic amines) is 1. The van der Waals surface area contributed by atoms with E-state index in [4.69, 9.17) is 0 Å². The van der Waals surface area contributed by atoms with E-state index in [9.17, 15) is 14.7 Å². The zero-order valence-corrected chi connectivity index (χ0v) is 20.5. The van der Waals surface area contributed by atoms with Crippen LogP contribution < -0.4 is 5.32 Å². The molecule has 1 aliphatic rings. The number of aryl methyl sites for hydroxylation is 2. The van der Waals surface area contributed by atoms with Crippen molar-refractivity contribution in [2.45, 2.75) is 58.2 Å². The summed E-state index contributed by atoms with van der Waals surface area (Å²) in [6.45, 7) is 5.09. The van der Waals surface area contributed by atoms with Crippen LogP contribution in [0.5, 0.6) is 0 Å². The van der Waals surface area contributed by atoms with Gasteiger partial charge in [-0.1, -0.05) is 48.5 Å². The van der Waals surface area contributed by atoms with Crippen LogP contribution in [-0.2, 0) is 22.6 Å². The van der Waals surface area contributed by atoms with Gasteiger partial charge in [-0.3, -0.25) is 9.59 Å². The topological polar surface area (TPSA) is 82.5 Å². The smallest absolute Gasteiger partial charge is 0.252 e. The Bertz CT molecular complexity index is 1120. The first kappa shape index (κ1) is 24.1. The van der Waals surface area contributed by atoms with Crippen molar-refractivity contribution < 1.29 is 14.7 Å². The fourth-order valence-corrected chi connectivity index (χ4v) is 5.31. The Morgan fingerprint density at radius 3 is 2.62 bits per heavy atom. The summed E-state index contributed by atoms with van der Waals surface area (Å²) in [5.41, 5.74) is 5.80. The summed E-state index contributed by atoms with van der Waals surface area (Å²) in [6.07, 6.45) is 0.911. The van der Waals surface area contributed by atoms with Gasteiger partial charge < -0.3 is 15.3 Å². The van der Waals surface area contributed by atoms with E-state index in [0.29, 0.717) is 6.54 Å². The number of nitrogens with one attached hydrogen (secondary N) is 1. The van der Waals surface area contributed by atoms with E-state index in [2.05, 4.69) is 42.3 Å². The van der Waals surface area contributed by atoms with Gasteiger partial charge in [-0.15, -0.1) is 11.3 Å². The normalized spacial score (nSPS) is 16.4. The molecular weight excluding hydrogens is 446 g/mol. The van der Waals surface area contributed by atoms with E-state index in [1.807, 2.05) is 35.7 Å². The number of hydrogen-bond acceptors (Lipinski definition) is 5. The van der Waals surface area contributed by atoms with Gasteiger partial charge in [0.25, 0.3) is 5.91 Å². The zero-order valence-electron chi connectivity index (χ0n) is 19.7. The number of carbonyl (C=O) groups excluding carboxylic acids is 2. The summed E-state index contributed by atoms with van der Waals surface area (Å²) >= 11 is 1.50. The van der Waals surface area contributed by atoms with E-state index in [-0.39, 0.29) is 30.8 Å². The summed E-state index contributed by atoms with van der Waals surface area (Å²) in [5, 5.41) is 16.1. The number of hydrogen-bond donors (Lipinski definition) is 2. The fraction of sp³-hybridized carbons (Fsp3) is 0.370. The minimum absolute atomic E-state index is 0.0444. The van der Waals surface area contributed by atoms with E-state index in [1.54, 1.807) is 4.90 Å². The van der Waals surface area contributed by atoms with Gasteiger partial charge in [0.05, 0.1) is 24.7 Å². The number of thiazole rings is 1. The molecule has 7 heteroatoms. The number of amides is 2. The second-order valence-corrected chi connectivity index (χ2v) is 9.82. The number of carbonyl (C=O) groups is 2. The van der Waals surface area contributed by atoms with Gasteiger partial charge >= 0.3 is 0 Å². The monoisotopic (exact) mass is 477 g/mol. The molecule has 6 nitrogen and oxygen atoms in total. The standard InChI is InChI=1S/C27H31N3O3S/c1-18-8-6-9-19(2)22(18)14-21-17-34-26(29-21)16-28-25(32)15-24(31)27(33)30-13-7-12-23(30)20-10-4-3-5-11-20/h3-6,8-11,17,23-24,31H,7,12-16H2,1-2H3,(H,28,32)/t23?,24-/m1/s1. The van der Waals surface area contributed by atoms with Crippen molar-refractivity contribution in [2.75, 3.05) is 6.54 Å². The lowest BCUT2D eigenvalue weighted by molar-refractivity contribution is -0.144. The molecule has 1 saturated heterocycles. The molecule has 1 unspecified atom stereocenters. The lowest BCUT2D eigenvalue weighted by Gasteiger charge is -2.27. The lowest BCUT2D eigenvalue weighted by Crippen LogP contribution is -2.41. The molecule has 4 rings (SSSR count). The Morgan fingerprint density at radius 2 is 1.88 bits per heavy atom. The summed E-state index contributed by atoms with van der Waals surface area (Å²) in [6, 6.07) is 16.1. The van der Waals surface area contributed by atoms with Crippen LogP contribution in [0, 0.1) is 13.8 Å². The van der Waals surface area contributed by atoms with E-state index < -0.39 is 6.10 Å². The van der Waals surface area contributed by atoms with Crippen molar-refractivity contribution in [1.29, 1.82) is 0 Å². The average Bonchev–Trinajstić information content (AvgIpc) is 3.50. The first-order valence-electron chi connectivity index (χ1n) is 11.7. The maximum atomic E-state index is 12.9. The molecule has 34 heavy (non-hydrogen) atoms. The van der Waals surface area contributed by atoms with Gasteiger partial charge in [-0.25, -0.2) is 4.98 Å². The van der Waals surface area contributed by atoms with Crippen LogP contribution in [0.3, 0.4) is 0 Å². The molecular formula is C27H31N3O3S. The van der Waals surface area contributed by atoms with Gasteiger partial charge in [0.2, 0.25) is 5.91 Å². The molecule has 2 aromatic carbocycles. The van der Waals surface area contributed by atoms with Crippen molar-refractivity contribution in [3.63, 3.8) is 0 Å². The van der Waals surface area contributed by atoms with E-state index in [0.717, 1.165) is 35.5 Å². The molecule has 1 fully saturated rings. The van der Waals surface area contributed by atoms with Crippen LogP contribution in [0.15, 0.2) is 53.9 Å².